The first-order valence-electron chi connectivity index (χ1n) is 8.28. The lowest BCUT2D eigenvalue weighted by Gasteiger charge is -2.15. The van der Waals surface area contributed by atoms with E-state index >= 15 is 0 Å². The molecule has 0 bridgehead atoms. The molecule has 2 rings (SSSR count). The van der Waals surface area contributed by atoms with E-state index in [1.807, 2.05) is 19.9 Å². The number of hydrogen-bond acceptors (Lipinski definition) is 4. The quantitative estimate of drug-likeness (QED) is 0.796. The highest BCUT2D eigenvalue weighted by Gasteiger charge is 2.21. The van der Waals surface area contributed by atoms with Gasteiger partial charge in [0.15, 0.2) is 0 Å². The van der Waals surface area contributed by atoms with E-state index in [0.717, 1.165) is 12.0 Å². The second-order valence-corrected chi connectivity index (χ2v) is 7.87. The standard InChI is InChI=1S/C19H24N2O3S/c1-4-10-20-19(22)13-21-17-11-14(2)12-18(15(17)3)25(23,24)16-8-6-5-7-9-16/h5-9,11-12,21H,4,10,13H2,1-3H3,(H,20,22). The Hall–Kier alpha value is -2.34. The molecule has 2 aromatic rings. The number of carbonyl (C=O) groups excluding carboxylic acids is 1. The summed E-state index contributed by atoms with van der Waals surface area (Å²) in [6.07, 6.45) is 0.870. The molecule has 0 saturated carbocycles. The molecule has 0 spiro atoms. The van der Waals surface area contributed by atoms with E-state index < -0.39 is 9.84 Å². The van der Waals surface area contributed by atoms with Crippen molar-refractivity contribution in [1.29, 1.82) is 0 Å². The van der Waals surface area contributed by atoms with Gasteiger partial charge < -0.3 is 10.6 Å². The number of benzene rings is 2. The minimum Gasteiger partial charge on any atom is -0.376 e. The zero-order chi connectivity index (χ0) is 18.4. The van der Waals surface area contributed by atoms with Crippen LogP contribution < -0.4 is 10.6 Å². The van der Waals surface area contributed by atoms with Gasteiger partial charge in [-0.15, -0.1) is 0 Å². The molecule has 5 nitrogen and oxygen atoms in total. The molecule has 0 unspecified atom stereocenters. The molecule has 0 fully saturated rings. The van der Waals surface area contributed by atoms with E-state index in [2.05, 4.69) is 10.6 Å². The molecule has 1 amide bonds. The number of rotatable bonds is 7. The van der Waals surface area contributed by atoms with Crippen LogP contribution in [0.5, 0.6) is 0 Å². The number of hydrogen-bond donors (Lipinski definition) is 2. The van der Waals surface area contributed by atoms with Crippen molar-refractivity contribution in [3.05, 3.63) is 53.6 Å². The Bertz CT molecular complexity index is 846. The van der Waals surface area contributed by atoms with Crippen molar-refractivity contribution in [3.8, 4) is 0 Å². The number of aryl methyl sites for hydroxylation is 1. The predicted octanol–water partition coefficient (Wildman–Crippen LogP) is 3.07. The summed E-state index contributed by atoms with van der Waals surface area (Å²) in [6, 6.07) is 11.9. The largest absolute Gasteiger partial charge is 0.376 e. The number of anilines is 1. The Morgan fingerprint density at radius 2 is 1.76 bits per heavy atom. The van der Waals surface area contributed by atoms with Crippen LogP contribution >= 0.6 is 0 Å². The minimum absolute atomic E-state index is 0.106. The van der Waals surface area contributed by atoms with Crippen molar-refractivity contribution in [2.24, 2.45) is 0 Å². The highest BCUT2D eigenvalue weighted by Crippen LogP contribution is 2.29. The Labute approximate surface area is 149 Å². The van der Waals surface area contributed by atoms with Gasteiger partial charge >= 0.3 is 0 Å². The smallest absolute Gasteiger partial charge is 0.239 e. The van der Waals surface area contributed by atoms with Gasteiger partial charge in [-0.05, 0) is 55.7 Å². The fraction of sp³-hybridized carbons (Fsp3) is 0.316. The highest BCUT2D eigenvalue weighted by molar-refractivity contribution is 7.91. The first-order chi connectivity index (χ1) is 11.9. The summed E-state index contributed by atoms with van der Waals surface area (Å²) in [7, 11) is -3.61. The summed E-state index contributed by atoms with van der Waals surface area (Å²) < 4.78 is 25.9. The third-order valence-corrected chi connectivity index (χ3v) is 5.75. The molecule has 0 heterocycles. The van der Waals surface area contributed by atoms with Gasteiger partial charge in [0.05, 0.1) is 16.3 Å². The molecule has 0 atom stereocenters. The Morgan fingerprint density at radius 3 is 2.40 bits per heavy atom. The van der Waals surface area contributed by atoms with E-state index in [-0.39, 0.29) is 22.2 Å². The van der Waals surface area contributed by atoms with Crippen molar-refractivity contribution in [3.63, 3.8) is 0 Å². The summed E-state index contributed by atoms with van der Waals surface area (Å²) in [5.41, 5.74) is 2.08. The molecule has 0 saturated heterocycles. The molecule has 0 aliphatic heterocycles. The second-order valence-electron chi connectivity index (χ2n) is 5.96. The number of nitrogens with one attached hydrogen (secondary N) is 2. The maximum atomic E-state index is 12.9. The molecule has 2 N–H and O–H groups in total. The molecule has 2 aromatic carbocycles. The topological polar surface area (TPSA) is 75.3 Å². The first-order valence-corrected chi connectivity index (χ1v) is 9.76. The van der Waals surface area contributed by atoms with E-state index in [9.17, 15) is 13.2 Å². The maximum Gasteiger partial charge on any atom is 0.239 e. The van der Waals surface area contributed by atoms with Crippen molar-refractivity contribution in [1.82, 2.24) is 5.32 Å². The molecule has 0 aliphatic rings. The zero-order valence-electron chi connectivity index (χ0n) is 14.8. The van der Waals surface area contributed by atoms with E-state index in [1.165, 1.54) is 0 Å². The van der Waals surface area contributed by atoms with Gasteiger partial charge in [-0.1, -0.05) is 25.1 Å². The van der Waals surface area contributed by atoms with E-state index in [1.54, 1.807) is 43.3 Å². The molecule has 0 radical (unpaired) electrons. The summed E-state index contributed by atoms with van der Waals surface area (Å²) in [6.45, 7) is 6.31. The fourth-order valence-electron chi connectivity index (χ4n) is 2.52. The van der Waals surface area contributed by atoms with E-state index in [0.29, 0.717) is 17.8 Å². The van der Waals surface area contributed by atoms with Crippen LogP contribution in [0.15, 0.2) is 52.3 Å². The van der Waals surface area contributed by atoms with Crippen LogP contribution in [0, 0.1) is 13.8 Å². The molecule has 134 valence electrons. The summed E-state index contributed by atoms with van der Waals surface area (Å²) >= 11 is 0. The second kappa shape index (κ2) is 8.16. The first kappa shape index (κ1) is 19.0. The minimum atomic E-state index is -3.61. The predicted molar refractivity (Wildman–Crippen MR) is 99.6 cm³/mol. The number of sulfone groups is 1. The van der Waals surface area contributed by atoms with Gasteiger partial charge in [-0.2, -0.15) is 0 Å². The molecule has 6 heteroatoms. The van der Waals surface area contributed by atoms with Crippen molar-refractivity contribution in [2.75, 3.05) is 18.4 Å². The van der Waals surface area contributed by atoms with Gasteiger partial charge in [-0.25, -0.2) is 8.42 Å². The van der Waals surface area contributed by atoms with Gasteiger partial charge in [0.25, 0.3) is 0 Å². The summed E-state index contributed by atoms with van der Waals surface area (Å²) in [5, 5.41) is 5.84. The highest BCUT2D eigenvalue weighted by atomic mass is 32.2. The average Bonchev–Trinajstić information content (AvgIpc) is 2.60. The van der Waals surface area contributed by atoms with Crippen LogP contribution in [0.25, 0.3) is 0 Å². The Morgan fingerprint density at radius 1 is 1.08 bits per heavy atom. The normalized spacial score (nSPS) is 11.2. The Balaban J connectivity index is 2.32. The van der Waals surface area contributed by atoms with Gasteiger partial charge in [0.2, 0.25) is 15.7 Å². The molecule has 0 aromatic heterocycles. The van der Waals surface area contributed by atoms with E-state index in [4.69, 9.17) is 0 Å². The third kappa shape index (κ3) is 4.60. The van der Waals surface area contributed by atoms with Crippen LogP contribution in [0.3, 0.4) is 0 Å². The van der Waals surface area contributed by atoms with Gasteiger partial charge in [-0.3, -0.25) is 4.79 Å². The van der Waals surface area contributed by atoms with Crippen molar-refractivity contribution >= 4 is 21.4 Å². The monoisotopic (exact) mass is 360 g/mol. The lowest BCUT2D eigenvalue weighted by atomic mass is 10.1. The molecule has 25 heavy (non-hydrogen) atoms. The number of carbonyl (C=O) groups is 1. The maximum absolute atomic E-state index is 12.9. The van der Waals surface area contributed by atoms with Crippen LogP contribution in [0.4, 0.5) is 5.69 Å². The van der Waals surface area contributed by atoms with Crippen molar-refractivity contribution < 1.29 is 13.2 Å². The third-order valence-electron chi connectivity index (χ3n) is 3.86. The Kier molecular flexibility index (Phi) is 6.20. The number of amides is 1. The van der Waals surface area contributed by atoms with Crippen LogP contribution in [0.1, 0.15) is 24.5 Å². The lowest BCUT2D eigenvalue weighted by Crippen LogP contribution is -2.30. The SMILES string of the molecule is CCCNC(=O)CNc1cc(C)cc(S(=O)(=O)c2ccccc2)c1C. The van der Waals surface area contributed by atoms with Crippen LogP contribution in [0.2, 0.25) is 0 Å². The zero-order valence-corrected chi connectivity index (χ0v) is 15.6. The van der Waals surface area contributed by atoms with Gasteiger partial charge in [0, 0.05) is 12.2 Å². The van der Waals surface area contributed by atoms with Crippen molar-refractivity contribution in [2.45, 2.75) is 37.0 Å². The van der Waals surface area contributed by atoms with Gasteiger partial charge in [0.1, 0.15) is 0 Å². The average molecular weight is 360 g/mol. The lowest BCUT2D eigenvalue weighted by molar-refractivity contribution is -0.119. The van der Waals surface area contributed by atoms with Crippen LogP contribution in [-0.2, 0) is 14.6 Å². The summed E-state index contributed by atoms with van der Waals surface area (Å²) in [5.74, 6) is -0.116. The van der Waals surface area contributed by atoms with Crippen LogP contribution in [-0.4, -0.2) is 27.4 Å². The summed E-state index contributed by atoms with van der Waals surface area (Å²) in [4.78, 5) is 12.3. The fourth-order valence-corrected chi connectivity index (χ4v) is 4.14. The molecular formula is C19H24N2O3S. The molecule has 0 aliphatic carbocycles. The molecular weight excluding hydrogens is 336 g/mol.